The van der Waals surface area contributed by atoms with Crippen LogP contribution >= 0.6 is 0 Å². The third-order valence-electron chi connectivity index (χ3n) is 2.46. The van der Waals surface area contributed by atoms with Crippen LogP contribution in [0, 0.1) is 0 Å². The summed E-state index contributed by atoms with van der Waals surface area (Å²) in [6.07, 6.45) is 1.53. The molecule has 6 heteroatoms. The van der Waals surface area contributed by atoms with Gasteiger partial charge in [0.2, 0.25) is 0 Å². The zero-order valence-corrected chi connectivity index (χ0v) is 10.00. The fraction of sp³-hybridized carbons (Fsp3) is 0.800. The van der Waals surface area contributed by atoms with E-state index in [1.165, 1.54) is 0 Å². The quantitative estimate of drug-likeness (QED) is 0.529. The number of esters is 1. The molecule has 1 rings (SSSR count). The van der Waals surface area contributed by atoms with Crippen LogP contribution in [0.2, 0.25) is 0 Å². The van der Waals surface area contributed by atoms with Crippen LogP contribution in [0.1, 0.15) is 32.6 Å². The lowest BCUT2D eigenvalue weighted by Crippen LogP contribution is -2.12. The summed E-state index contributed by atoms with van der Waals surface area (Å²) < 4.78 is 16.2. The van der Waals surface area contributed by atoms with Crippen molar-refractivity contribution in [3.8, 4) is 0 Å². The first-order chi connectivity index (χ1) is 7.56. The van der Waals surface area contributed by atoms with Crippen LogP contribution in [0.3, 0.4) is 0 Å². The Bertz CT molecular complexity index is 302. The van der Waals surface area contributed by atoms with Crippen LogP contribution < -0.4 is 0 Å². The van der Waals surface area contributed by atoms with Gasteiger partial charge in [0.1, 0.15) is 6.61 Å². The Morgan fingerprint density at radius 1 is 1.31 bits per heavy atom. The van der Waals surface area contributed by atoms with Crippen LogP contribution in [0.4, 0.5) is 0 Å². The second-order valence-electron chi connectivity index (χ2n) is 3.77. The maximum Gasteiger partial charge on any atom is 0.306 e. The molecule has 1 aliphatic heterocycles. The number of hydrogen-bond acceptors (Lipinski definition) is 4. The topological polar surface area (TPSA) is 80.7 Å². The first-order valence-corrected chi connectivity index (χ1v) is 6.60. The van der Waals surface area contributed by atoms with E-state index in [0.29, 0.717) is 0 Å². The van der Waals surface area contributed by atoms with Gasteiger partial charge in [0.25, 0.3) is 0 Å². The second-order valence-corrected chi connectivity index (χ2v) is 5.64. The third kappa shape index (κ3) is 3.92. The van der Waals surface area contributed by atoms with Gasteiger partial charge in [-0.2, -0.15) is 0 Å². The van der Waals surface area contributed by atoms with Gasteiger partial charge in [-0.15, -0.1) is 0 Å². The molecule has 1 fully saturated rings. The average Bonchev–Trinajstić information content (AvgIpc) is 2.83. The van der Waals surface area contributed by atoms with E-state index in [-0.39, 0.29) is 29.9 Å². The van der Waals surface area contributed by atoms with Crippen molar-refractivity contribution < 1.29 is 23.6 Å². The number of rotatable bonds is 7. The second kappa shape index (κ2) is 5.98. The maximum absolute atomic E-state index is 11.3. The molecule has 92 valence electrons. The van der Waals surface area contributed by atoms with Crippen molar-refractivity contribution in [1.29, 1.82) is 0 Å². The highest BCUT2D eigenvalue weighted by molar-refractivity contribution is 7.93. The van der Waals surface area contributed by atoms with E-state index in [4.69, 9.17) is 9.84 Å². The lowest BCUT2D eigenvalue weighted by molar-refractivity contribution is -0.147. The lowest BCUT2D eigenvalue weighted by atomic mass is 10.2. The molecule has 0 amide bonds. The molecular formula is C10H16O5S. The van der Waals surface area contributed by atoms with Gasteiger partial charge < -0.3 is 9.84 Å². The van der Waals surface area contributed by atoms with Gasteiger partial charge in [0, 0.05) is 10.8 Å². The van der Waals surface area contributed by atoms with Crippen molar-refractivity contribution in [1.82, 2.24) is 0 Å². The van der Waals surface area contributed by atoms with Crippen molar-refractivity contribution in [2.45, 2.75) is 43.1 Å². The largest absolute Gasteiger partial charge is 0.481 e. The van der Waals surface area contributed by atoms with Gasteiger partial charge in [-0.3, -0.25) is 13.8 Å². The van der Waals surface area contributed by atoms with Crippen LogP contribution in [-0.4, -0.2) is 38.4 Å². The fourth-order valence-electron chi connectivity index (χ4n) is 1.50. The van der Waals surface area contributed by atoms with Gasteiger partial charge in [0.05, 0.1) is 23.3 Å². The van der Waals surface area contributed by atoms with Gasteiger partial charge in [-0.25, -0.2) is 0 Å². The first-order valence-electron chi connectivity index (χ1n) is 5.33. The minimum absolute atomic E-state index is 0.0336. The molecule has 0 aromatic carbocycles. The van der Waals surface area contributed by atoms with Gasteiger partial charge >= 0.3 is 11.9 Å². The van der Waals surface area contributed by atoms with Gasteiger partial charge in [-0.1, -0.05) is 13.3 Å². The van der Waals surface area contributed by atoms with E-state index in [1.54, 1.807) is 0 Å². The molecule has 0 radical (unpaired) electrons. The molecule has 1 aliphatic rings. The van der Waals surface area contributed by atoms with Crippen LogP contribution in [0.5, 0.6) is 0 Å². The maximum atomic E-state index is 11.3. The normalized spacial score (nSPS) is 27.4. The molecule has 3 atom stereocenters. The first kappa shape index (κ1) is 13.2. The third-order valence-corrected chi connectivity index (χ3v) is 4.37. The Balaban J connectivity index is 2.14. The Kier molecular flexibility index (Phi) is 4.92. The summed E-state index contributed by atoms with van der Waals surface area (Å²) in [6.45, 7) is 2.18. The molecule has 0 aliphatic carbocycles. The Hall–Kier alpha value is -0.910. The molecule has 0 saturated carbocycles. The fourth-order valence-corrected chi connectivity index (χ4v) is 3.08. The van der Waals surface area contributed by atoms with E-state index >= 15 is 0 Å². The zero-order valence-electron chi connectivity index (χ0n) is 9.18. The minimum atomic E-state index is -1.02. The predicted octanol–water partition coefficient (Wildman–Crippen LogP) is 0.694. The highest BCUT2D eigenvalue weighted by Gasteiger charge is 2.47. The monoisotopic (exact) mass is 248 g/mol. The SMILES string of the molecule is CCC[C@H]1[C@@H](COC(=O)CCC(=O)O)S1=O. The lowest BCUT2D eigenvalue weighted by Gasteiger charge is -2.01. The number of hydrogen-bond donors (Lipinski definition) is 1. The number of ether oxygens (including phenoxy) is 1. The van der Waals surface area contributed by atoms with Gasteiger partial charge in [-0.05, 0) is 6.42 Å². The molecule has 5 nitrogen and oxygen atoms in total. The summed E-state index contributed by atoms with van der Waals surface area (Å²) in [5.74, 6) is -1.54. The molecule has 0 aromatic heterocycles. The smallest absolute Gasteiger partial charge is 0.306 e. The Labute approximate surface area is 96.6 Å². The average molecular weight is 248 g/mol. The van der Waals surface area contributed by atoms with E-state index in [0.717, 1.165) is 12.8 Å². The molecule has 1 unspecified atom stereocenters. The summed E-state index contributed by atoms with van der Waals surface area (Å²) in [5.41, 5.74) is 0. The van der Waals surface area contributed by atoms with Crippen LogP contribution in [0.25, 0.3) is 0 Å². The molecular weight excluding hydrogens is 232 g/mol. The molecule has 1 saturated heterocycles. The van der Waals surface area contributed by atoms with Crippen molar-refractivity contribution in [3.63, 3.8) is 0 Å². The predicted molar refractivity (Wildman–Crippen MR) is 58.5 cm³/mol. The highest BCUT2D eigenvalue weighted by Crippen LogP contribution is 2.31. The molecule has 0 spiro atoms. The Morgan fingerprint density at radius 3 is 2.56 bits per heavy atom. The summed E-state index contributed by atoms with van der Waals surface area (Å²) >= 11 is 0. The van der Waals surface area contributed by atoms with E-state index in [2.05, 4.69) is 0 Å². The minimum Gasteiger partial charge on any atom is -0.481 e. The number of carboxylic acid groups (broad SMARTS) is 1. The summed E-state index contributed by atoms with van der Waals surface area (Å²) in [7, 11) is -0.859. The number of carboxylic acids is 1. The summed E-state index contributed by atoms with van der Waals surface area (Å²) in [5, 5.41) is 8.48. The van der Waals surface area contributed by atoms with Crippen LogP contribution in [-0.2, 0) is 25.1 Å². The zero-order chi connectivity index (χ0) is 12.1. The van der Waals surface area contributed by atoms with Crippen molar-refractivity contribution >= 4 is 22.7 Å². The number of carbonyl (C=O) groups excluding carboxylic acids is 1. The number of aliphatic carboxylic acids is 1. The van der Waals surface area contributed by atoms with Gasteiger partial charge in [0.15, 0.2) is 0 Å². The van der Waals surface area contributed by atoms with E-state index in [9.17, 15) is 13.8 Å². The molecule has 16 heavy (non-hydrogen) atoms. The van der Waals surface area contributed by atoms with Crippen molar-refractivity contribution in [3.05, 3.63) is 0 Å². The summed E-state index contributed by atoms with van der Waals surface area (Å²) in [6, 6.07) is 0. The van der Waals surface area contributed by atoms with E-state index < -0.39 is 22.7 Å². The molecule has 1 heterocycles. The highest BCUT2D eigenvalue weighted by atomic mass is 32.2. The molecule has 0 bridgehead atoms. The Morgan fingerprint density at radius 2 is 2.00 bits per heavy atom. The standard InChI is InChI=1S/C10H16O5S/c1-2-3-7-8(16(7)14)6-15-10(13)5-4-9(11)12/h7-8H,2-6H2,1H3,(H,11,12)/t7-,8+,16?/m0/s1. The molecule has 0 aromatic rings. The molecule has 1 N–H and O–H groups in total. The van der Waals surface area contributed by atoms with E-state index in [1.807, 2.05) is 6.92 Å². The van der Waals surface area contributed by atoms with Crippen LogP contribution in [0.15, 0.2) is 0 Å². The van der Waals surface area contributed by atoms with Crippen molar-refractivity contribution in [2.75, 3.05) is 6.61 Å². The number of carbonyl (C=O) groups is 2. The summed E-state index contributed by atoms with van der Waals surface area (Å²) in [4.78, 5) is 21.3. The van der Waals surface area contributed by atoms with Crippen molar-refractivity contribution in [2.24, 2.45) is 0 Å².